The van der Waals surface area contributed by atoms with Crippen LogP contribution in [-0.2, 0) is 17.6 Å². The van der Waals surface area contributed by atoms with Crippen molar-refractivity contribution in [2.45, 2.75) is 44.6 Å². The third-order valence-electron chi connectivity index (χ3n) is 5.06. The number of amides is 1. The van der Waals surface area contributed by atoms with E-state index in [-0.39, 0.29) is 18.6 Å². The number of aryl methyl sites for hydroxylation is 2. The van der Waals surface area contributed by atoms with Crippen molar-refractivity contribution in [1.82, 2.24) is 5.32 Å². The summed E-state index contributed by atoms with van der Waals surface area (Å²) in [5.74, 6) is 2.28. The second-order valence-corrected chi connectivity index (χ2v) is 6.96. The molecule has 2 aromatic rings. The van der Waals surface area contributed by atoms with Gasteiger partial charge in [-0.05, 0) is 56.2 Å². The zero-order chi connectivity index (χ0) is 16.5. The lowest BCUT2D eigenvalue weighted by atomic mass is 9.96. The number of hydrogen-bond acceptors (Lipinski definition) is 4. The number of furan rings is 1. The Labute approximate surface area is 141 Å². The molecule has 5 heteroatoms. The molecule has 0 radical (unpaired) electrons. The van der Waals surface area contributed by atoms with E-state index in [0.717, 1.165) is 29.6 Å². The first-order valence-electron chi connectivity index (χ1n) is 8.90. The van der Waals surface area contributed by atoms with E-state index >= 15 is 0 Å². The van der Waals surface area contributed by atoms with E-state index in [9.17, 15) is 4.79 Å². The number of nitrogens with one attached hydrogen (secondary N) is 1. The van der Waals surface area contributed by atoms with Crippen molar-refractivity contribution >= 4 is 16.9 Å². The maximum absolute atomic E-state index is 11.9. The van der Waals surface area contributed by atoms with Crippen molar-refractivity contribution in [3.63, 3.8) is 0 Å². The van der Waals surface area contributed by atoms with Gasteiger partial charge in [0, 0.05) is 30.0 Å². The van der Waals surface area contributed by atoms with Crippen LogP contribution in [0.1, 0.15) is 37.0 Å². The van der Waals surface area contributed by atoms with E-state index in [1.807, 2.05) is 18.2 Å². The topological polar surface area (TPSA) is 77.5 Å². The molecule has 1 aromatic heterocycles. The summed E-state index contributed by atoms with van der Waals surface area (Å²) in [6, 6.07) is 5.86. The standard InChI is InChI=1S/C19H24N2O3/c20-16(12-5-6-12)10-21-19(22)11-23-13-7-8-18-15(9-13)14-3-1-2-4-17(14)24-18/h7-9,12,16H,1-6,10-11,20H2,(H,21,22). The molecule has 1 saturated carbocycles. The first-order valence-corrected chi connectivity index (χ1v) is 8.90. The second kappa shape index (κ2) is 6.48. The van der Waals surface area contributed by atoms with Gasteiger partial charge < -0.3 is 20.2 Å². The zero-order valence-electron chi connectivity index (χ0n) is 13.8. The van der Waals surface area contributed by atoms with Gasteiger partial charge in [-0.15, -0.1) is 0 Å². The fourth-order valence-corrected chi connectivity index (χ4v) is 3.45. The molecule has 24 heavy (non-hydrogen) atoms. The summed E-state index contributed by atoms with van der Waals surface area (Å²) in [7, 11) is 0. The molecule has 0 spiro atoms. The maximum Gasteiger partial charge on any atom is 0.257 e. The molecule has 5 nitrogen and oxygen atoms in total. The van der Waals surface area contributed by atoms with Gasteiger partial charge in [0.1, 0.15) is 17.1 Å². The number of carbonyl (C=O) groups is 1. The molecule has 1 atom stereocenters. The van der Waals surface area contributed by atoms with Crippen molar-refractivity contribution in [3.8, 4) is 5.75 Å². The summed E-state index contributed by atoms with van der Waals surface area (Å²) in [5, 5.41) is 3.97. The van der Waals surface area contributed by atoms with Gasteiger partial charge >= 0.3 is 0 Å². The Balaban J connectivity index is 1.36. The fraction of sp³-hybridized carbons (Fsp3) is 0.526. The maximum atomic E-state index is 11.9. The third-order valence-corrected chi connectivity index (χ3v) is 5.06. The molecule has 1 amide bonds. The number of benzene rings is 1. The van der Waals surface area contributed by atoms with E-state index < -0.39 is 0 Å². The van der Waals surface area contributed by atoms with Crippen molar-refractivity contribution in [1.29, 1.82) is 0 Å². The summed E-state index contributed by atoms with van der Waals surface area (Å²) in [6.45, 7) is 0.546. The van der Waals surface area contributed by atoms with Crippen LogP contribution in [0.2, 0.25) is 0 Å². The van der Waals surface area contributed by atoms with Crippen molar-refractivity contribution in [2.75, 3.05) is 13.2 Å². The minimum absolute atomic E-state index is 0.0168. The lowest BCUT2D eigenvalue weighted by molar-refractivity contribution is -0.123. The monoisotopic (exact) mass is 328 g/mol. The molecule has 0 saturated heterocycles. The molecule has 1 heterocycles. The molecule has 1 fully saturated rings. The van der Waals surface area contributed by atoms with Crippen LogP contribution in [0.3, 0.4) is 0 Å². The van der Waals surface area contributed by atoms with Crippen LogP contribution in [-0.4, -0.2) is 25.1 Å². The number of fused-ring (bicyclic) bond motifs is 3. The first-order chi connectivity index (χ1) is 11.7. The van der Waals surface area contributed by atoms with Crippen LogP contribution in [0.4, 0.5) is 0 Å². The molecule has 0 aliphatic heterocycles. The number of rotatable bonds is 6. The average molecular weight is 328 g/mol. The molecule has 2 aliphatic rings. The normalized spacial score (nSPS) is 18.2. The Morgan fingerprint density at radius 1 is 1.33 bits per heavy atom. The van der Waals surface area contributed by atoms with E-state index in [2.05, 4.69) is 5.32 Å². The lowest BCUT2D eigenvalue weighted by Gasteiger charge is -2.12. The minimum Gasteiger partial charge on any atom is -0.484 e. The van der Waals surface area contributed by atoms with E-state index in [1.54, 1.807) is 0 Å². The highest BCUT2D eigenvalue weighted by Crippen LogP contribution is 2.34. The summed E-state index contributed by atoms with van der Waals surface area (Å²) >= 11 is 0. The Morgan fingerprint density at radius 2 is 2.17 bits per heavy atom. The summed E-state index contributed by atoms with van der Waals surface area (Å²) < 4.78 is 11.6. The van der Waals surface area contributed by atoms with E-state index in [0.29, 0.717) is 18.2 Å². The first kappa shape index (κ1) is 15.5. The van der Waals surface area contributed by atoms with E-state index in [4.69, 9.17) is 14.9 Å². The van der Waals surface area contributed by atoms with Crippen LogP contribution >= 0.6 is 0 Å². The van der Waals surface area contributed by atoms with Gasteiger partial charge in [0.2, 0.25) is 0 Å². The van der Waals surface area contributed by atoms with Crippen LogP contribution in [0, 0.1) is 5.92 Å². The highest BCUT2D eigenvalue weighted by atomic mass is 16.5. The van der Waals surface area contributed by atoms with Crippen LogP contribution in [0.15, 0.2) is 22.6 Å². The summed E-state index contributed by atoms with van der Waals surface area (Å²) in [6.07, 6.45) is 6.84. The van der Waals surface area contributed by atoms with Gasteiger partial charge in [-0.1, -0.05) is 0 Å². The molecule has 4 rings (SSSR count). The predicted molar refractivity (Wildman–Crippen MR) is 92.1 cm³/mol. The molecule has 1 aromatic carbocycles. The Morgan fingerprint density at radius 3 is 3.00 bits per heavy atom. The highest BCUT2D eigenvalue weighted by molar-refractivity contribution is 5.84. The largest absolute Gasteiger partial charge is 0.484 e. The van der Waals surface area contributed by atoms with Gasteiger partial charge in [-0.25, -0.2) is 0 Å². The molecule has 3 N–H and O–H groups in total. The lowest BCUT2D eigenvalue weighted by Crippen LogP contribution is -2.40. The number of hydrogen-bond donors (Lipinski definition) is 2. The van der Waals surface area contributed by atoms with Crippen molar-refractivity contribution in [3.05, 3.63) is 29.5 Å². The Hall–Kier alpha value is -2.01. The smallest absolute Gasteiger partial charge is 0.257 e. The van der Waals surface area contributed by atoms with E-state index in [1.165, 1.54) is 31.2 Å². The SMILES string of the molecule is NC(CNC(=O)COc1ccc2oc3c(c2c1)CCCC3)C1CC1. The molecule has 2 aliphatic carbocycles. The number of ether oxygens (including phenoxy) is 1. The van der Waals surface area contributed by atoms with Crippen molar-refractivity contribution in [2.24, 2.45) is 11.7 Å². The Bertz CT molecular complexity index is 748. The quantitative estimate of drug-likeness (QED) is 0.854. The van der Waals surface area contributed by atoms with Gasteiger partial charge in [0.05, 0.1) is 0 Å². The summed E-state index contributed by atoms with van der Waals surface area (Å²) in [4.78, 5) is 11.9. The van der Waals surface area contributed by atoms with Crippen molar-refractivity contribution < 1.29 is 13.9 Å². The van der Waals surface area contributed by atoms with Gasteiger partial charge in [-0.2, -0.15) is 0 Å². The highest BCUT2D eigenvalue weighted by Gasteiger charge is 2.28. The third kappa shape index (κ3) is 3.26. The minimum atomic E-state index is -0.125. The number of carbonyl (C=O) groups excluding carboxylic acids is 1. The molecule has 1 unspecified atom stereocenters. The fourth-order valence-electron chi connectivity index (χ4n) is 3.45. The summed E-state index contributed by atoms with van der Waals surface area (Å²) in [5.41, 5.74) is 8.20. The average Bonchev–Trinajstić information content (AvgIpc) is 3.39. The van der Waals surface area contributed by atoms with Gasteiger partial charge in [0.25, 0.3) is 5.91 Å². The number of nitrogens with two attached hydrogens (primary N) is 1. The molecular weight excluding hydrogens is 304 g/mol. The predicted octanol–water partition coefficient (Wildman–Crippen LogP) is 2.54. The van der Waals surface area contributed by atoms with Gasteiger partial charge in [-0.3, -0.25) is 4.79 Å². The van der Waals surface area contributed by atoms with Crippen LogP contribution in [0.5, 0.6) is 5.75 Å². The zero-order valence-corrected chi connectivity index (χ0v) is 13.8. The van der Waals surface area contributed by atoms with Crippen LogP contribution < -0.4 is 15.8 Å². The Kier molecular flexibility index (Phi) is 4.19. The second-order valence-electron chi connectivity index (χ2n) is 6.96. The molecular formula is C19H24N2O3. The van der Waals surface area contributed by atoms with Gasteiger partial charge in [0.15, 0.2) is 6.61 Å². The molecule has 128 valence electrons. The molecule has 0 bridgehead atoms. The van der Waals surface area contributed by atoms with Crippen LogP contribution in [0.25, 0.3) is 11.0 Å².